The normalized spacial score (nSPS) is 15.2. The van der Waals surface area contributed by atoms with Crippen LogP contribution in [-0.4, -0.2) is 59.9 Å². The number of para-hydroxylation sites is 1. The lowest BCUT2D eigenvalue weighted by molar-refractivity contribution is -0.385. The van der Waals surface area contributed by atoms with E-state index in [0.717, 1.165) is 45.7 Å². The van der Waals surface area contributed by atoms with E-state index < -0.39 is 4.92 Å². The zero-order chi connectivity index (χ0) is 20.6. The molecule has 0 aliphatic carbocycles. The first-order chi connectivity index (χ1) is 14.0. The third-order valence-corrected chi connectivity index (χ3v) is 5.32. The Labute approximate surface area is 171 Å². The largest absolute Gasteiger partial charge is 0.352 e. The fraction of sp³-hybridized carbons (Fsp3) is 0.409. The highest BCUT2D eigenvalue weighted by Crippen LogP contribution is 2.22. The Morgan fingerprint density at radius 1 is 1.03 bits per heavy atom. The highest BCUT2D eigenvalue weighted by molar-refractivity contribution is 5.98. The maximum Gasteiger partial charge on any atom is 0.285 e. The summed E-state index contributed by atoms with van der Waals surface area (Å²) in [5, 5.41) is 14.1. The van der Waals surface area contributed by atoms with Gasteiger partial charge in [-0.25, -0.2) is 0 Å². The third-order valence-electron chi connectivity index (χ3n) is 5.32. The van der Waals surface area contributed by atoms with E-state index in [0.29, 0.717) is 12.1 Å². The SMILES string of the molecule is Cc1cccc(C(=O)NCCCN2CCN(Cc3ccccc3)CC2)c1[N+](=O)[O-]. The first kappa shape index (κ1) is 21.0. The summed E-state index contributed by atoms with van der Waals surface area (Å²) in [7, 11) is 0. The molecule has 0 atom stereocenters. The van der Waals surface area contributed by atoms with Crippen LogP contribution in [0.5, 0.6) is 0 Å². The van der Waals surface area contributed by atoms with Crippen LogP contribution in [0.4, 0.5) is 5.69 Å². The molecule has 7 nitrogen and oxygen atoms in total. The number of hydrogen-bond acceptors (Lipinski definition) is 5. The van der Waals surface area contributed by atoms with E-state index in [9.17, 15) is 14.9 Å². The van der Waals surface area contributed by atoms with Crippen LogP contribution in [-0.2, 0) is 6.54 Å². The molecule has 2 aromatic carbocycles. The molecule has 0 saturated carbocycles. The predicted molar refractivity (Wildman–Crippen MR) is 113 cm³/mol. The lowest BCUT2D eigenvalue weighted by atomic mass is 10.1. The molecule has 0 bridgehead atoms. The third kappa shape index (κ3) is 5.85. The van der Waals surface area contributed by atoms with Crippen LogP contribution in [0.1, 0.15) is 27.9 Å². The maximum absolute atomic E-state index is 12.4. The summed E-state index contributed by atoms with van der Waals surface area (Å²) in [6.07, 6.45) is 0.823. The van der Waals surface area contributed by atoms with Gasteiger partial charge in [-0.1, -0.05) is 42.5 Å². The predicted octanol–water partition coefficient (Wildman–Crippen LogP) is 2.84. The highest BCUT2D eigenvalue weighted by atomic mass is 16.6. The van der Waals surface area contributed by atoms with E-state index >= 15 is 0 Å². The van der Waals surface area contributed by atoms with Crippen molar-refractivity contribution in [2.75, 3.05) is 39.3 Å². The smallest absolute Gasteiger partial charge is 0.285 e. The number of piperazine rings is 1. The van der Waals surface area contributed by atoms with E-state index in [1.54, 1.807) is 19.1 Å². The first-order valence-electron chi connectivity index (χ1n) is 10.1. The lowest BCUT2D eigenvalue weighted by Crippen LogP contribution is -2.46. The molecule has 1 fully saturated rings. The Balaban J connectivity index is 1.38. The quantitative estimate of drug-likeness (QED) is 0.422. The Morgan fingerprint density at radius 2 is 1.72 bits per heavy atom. The van der Waals surface area contributed by atoms with Crippen LogP contribution in [0.3, 0.4) is 0 Å². The highest BCUT2D eigenvalue weighted by Gasteiger charge is 2.22. The van der Waals surface area contributed by atoms with Gasteiger partial charge < -0.3 is 10.2 Å². The number of nitrogens with zero attached hydrogens (tertiary/aromatic N) is 3. The van der Waals surface area contributed by atoms with Crippen LogP contribution >= 0.6 is 0 Å². The van der Waals surface area contributed by atoms with E-state index in [2.05, 4.69) is 39.4 Å². The Bertz CT molecular complexity index is 833. The van der Waals surface area contributed by atoms with Crippen molar-refractivity contribution >= 4 is 11.6 Å². The summed E-state index contributed by atoms with van der Waals surface area (Å²) >= 11 is 0. The molecule has 7 heteroatoms. The first-order valence-corrected chi connectivity index (χ1v) is 10.1. The number of carbonyl (C=O) groups is 1. The molecule has 1 saturated heterocycles. The van der Waals surface area contributed by atoms with Crippen molar-refractivity contribution in [1.29, 1.82) is 0 Å². The van der Waals surface area contributed by atoms with Gasteiger partial charge in [0.1, 0.15) is 5.56 Å². The molecule has 0 aromatic heterocycles. The van der Waals surface area contributed by atoms with E-state index in [4.69, 9.17) is 0 Å². The summed E-state index contributed by atoms with van der Waals surface area (Å²) in [6, 6.07) is 15.3. The van der Waals surface area contributed by atoms with Gasteiger partial charge in [0.15, 0.2) is 0 Å². The minimum atomic E-state index is -0.487. The second kappa shape index (κ2) is 10.1. The number of nitro benzene ring substituents is 1. The fourth-order valence-electron chi connectivity index (χ4n) is 3.70. The van der Waals surface area contributed by atoms with Crippen molar-refractivity contribution in [2.24, 2.45) is 0 Å². The van der Waals surface area contributed by atoms with Crippen molar-refractivity contribution < 1.29 is 9.72 Å². The van der Waals surface area contributed by atoms with E-state index in [1.165, 1.54) is 11.6 Å². The van der Waals surface area contributed by atoms with Gasteiger partial charge in [-0.05, 0) is 31.5 Å². The van der Waals surface area contributed by atoms with E-state index in [-0.39, 0.29) is 17.2 Å². The summed E-state index contributed by atoms with van der Waals surface area (Å²) in [5.74, 6) is -0.381. The molecule has 1 aliphatic rings. The lowest BCUT2D eigenvalue weighted by Gasteiger charge is -2.34. The van der Waals surface area contributed by atoms with Gasteiger partial charge in [-0.3, -0.25) is 19.8 Å². The zero-order valence-electron chi connectivity index (χ0n) is 16.8. The molecule has 1 aliphatic heterocycles. The summed E-state index contributed by atoms with van der Waals surface area (Å²) in [5.41, 5.74) is 1.86. The van der Waals surface area contributed by atoms with Gasteiger partial charge in [0.05, 0.1) is 4.92 Å². The Morgan fingerprint density at radius 3 is 2.41 bits per heavy atom. The number of rotatable bonds is 8. The number of aryl methyl sites for hydroxylation is 1. The molecular formula is C22H28N4O3. The van der Waals surface area contributed by atoms with Crippen molar-refractivity contribution in [3.63, 3.8) is 0 Å². The van der Waals surface area contributed by atoms with Gasteiger partial charge in [-0.15, -0.1) is 0 Å². The van der Waals surface area contributed by atoms with Crippen molar-refractivity contribution in [1.82, 2.24) is 15.1 Å². The maximum atomic E-state index is 12.4. The molecule has 0 radical (unpaired) electrons. The minimum absolute atomic E-state index is 0.112. The van der Waals surface area contributed by atoms with Crippen molar-refractivity contribution in [3.05, 3.63) is 75.3 Å². The minimum Gasteiger partial charge on any atom is -0.352 e. The van der Waals surface area contributed by atoms with E-state index in [1.807, 2.05) is 6.07 Å². The second-order valence-electron chi connectivity index (χ2n) is 7.44. The van der Waals surface area contributed by atoms with Crippen LogP contribution in [0.25, 0.3) is 0 Å². The average Bonchev–Trinajstić information content (AvgIpc) is 2.72. The van der Waals surface area contributed by atoms with Gasteiger partial charge in [0, 0.05) is 44.8 Å². The second-order valence-corrected chi connectivity index (χ2v) is 7.44. The van der Waals surface area contributed by atoms with Crippen molar-refractivity contribution in [2.45, 2.75) is 19.9 Å². The Kier molecular flexibility index (Phi) is 7.32. The van der Waals surface area contributed by atoms with Crippen LogP contribution in [0.2, 0.25) is 0 Å². The standard InChI is InChI=1S/C22H28N4O3/c1-18-7-5-10-20(21(18)26(28)29)22(27)23-11-6-12-24-13-15-25(16-14-24)17-19-8-3-2-4-9-19/h2-5,7-10H,6,11-17H2,1H3,(H,23,27). The fourth-order valence-corrected chi connectivity index (χ4v) is 3.70. The van der Waals surface area contributed by atoms with Gasteiger partial charge in [-0.2, -0.15) is 0 Å². The number of nitro groups is 1. The van der Waals surface area contributed by atoms with Gasteiger partial charge >= 0.3 is 0 Å². The average molecular weight is 396 g/mol. The molecule has 2 aromatic rings. The van der Waals surface area contributed by atoms with Crippen molar-refractivity contribution in [3.8, 4) is 0 Å². The number of benzene rings is 2. The summed E-state index contributed by atoms with van der Waals surface area (Å²) < 4.78 is 0. The molecule has 29 heavy (non-hydrogen) atoms. The topological polar surface area (TPSA) is 78.7 Å². The molecule has 3 rings (SSSR count). The Hall–Kier alpha value is -2.77. The molecular weight excluding hydrogens is 368 g/mol. The number of hydrogen-bond donors (Lipinski definition) is 1. The molecule has 1 heterocycles. The zero-order valence-corrected chi connectivity index (χ0v) is 16.8. The molecule has 154 valence electrons. The van der Waals surface area contributed by atoms with Gasteiger partial charge in [0.25, 0.3) is 11.6 Å². The summed E-state index contributed by atoms with van der Waals surface area (Å²) in [6.45, 7) is 8.16. The number of nitrogens with one attached hydrogen (secondary N) is 1. The van der Waals surface area contributed by atoms with Crippen LogP contribution < -0.4 is 5.32 Å². The van der Waals surface area contributed by atoms with Crippen LogP contribution in [0.15, 0.2) is 48.5 Å². The molecule has 1 N–H and O–H groups in total. The number of carbonyl (C=O) groups excluding carboxylic acids is 1. The molecule has 0 spiro atoms. The van der Waals surface area contributed by atoms with Gasteiger partial charge in [0.2, 0.25) is 0 Å². The molecule has 1 amide bonds. The monoisotopic (exact) mass is 396 g/mol. The number of amides is 1. The van der Waals surface area contributed by atoms with Crippen LogP contribution in [0, 0.1) is 17.0 Å². The molecule has 0 unspecified atom stereocenters. The summed E-state index contributed by atoms with van der Waals surface area (Å²) in [4.78, 5) is 28.0.